The molecule has 1 heterocycles. The Hall–Kier alpha value is -1.95. The number of ether oxygens (including phenoxy) is 1. The second kappa shape index (κ2) is 7.58. The van der Waals surface area contributed by atoms with E-state index in [2.05, 4.69) is 11.8 Å². The molecular formula is C21H26F3NO2. The summed E-state index contributed by atoms with van der Waals surface area (Å²) in [5, 5.41) is 10.0. The topological polar surface area (TPSA) is 32.7 Å². The van der Waals surface area contributed by atoms with E-state index in [0.29, 0.717) is 24.6 Å². The molecule has 0 radical (unpaired) electrons. The van der Waals surface area contributed by atoms with Crippen LogP contribution in [0.15, 0.2) is 41.4 Å². The van der Waals surface area contributed by atoms with E-state index in [4.69, 9.17) is 4.74 Å². The number of hydrogen-bond donors (Lipinski definition) is 1. The second-order valence-corrected chi connectivity index (χ2v) is 7.64. The van der Waals surface area contributed by atoms with Gasteiger partial charge in [0.05, 0.1) is 12.7 Å². The van der Waals surface area contributed by atoms with Crippen molar-refractivity contribution < 1.29 is 23.0 Å². The molecular weight excluding hydrogens is 355 g/mol. The number of aliphatic hydroxyl groups excluding tert-OH is 1. The first-order valence-electron chi connectivity index (χ1n) is 9.28. The van der Waals surface area contributed by atoms with Crippen LogP contribution in [0.25, 0.3) is 0 Å². The zero-order chi connectivity index (χ0) is 19.8. The zero-order valence-corrected chi connectivity index (χ0v) is 15.9. The van der Waals surface area contributed by atoms with E-state index in [9.17, 15) is 18.3 Å². The molecule has 2 atom stereocenters. The molecule has 6 heteroatoms. The fraction of sp³-hybridized carbons (Fsp3) is 0.524. The first-order valence-corrected chi connectivity index (χ1v) is 9.28. The third-order valence-electron chi connectivity index (χ3n) is 5.63. The lowest BCUT2D eigenvalue weighted by molar-refractivity contribution is -0.137. The maximum absolute atomic E-state index is 12.9. The summed E-state index contributed by atoms with van der Waals surface area (Å²) in [5.41, 5.74) is 2.42. The molecule has 148 valence electrons. The van der Waals surface area contributed by atoms with Gasteiger partial charge in [-0.15, -0.1) is 0 Å². The van der Waals surface area contributed by atoms with Crippen LogP contribution in [0.5, 0.6) is 0 Å². The SMILES string of the molecule is COC1=C(O)C(C)CC(CC[C@@H](C)N2Cc3ccc(C(F)(F)F)cc3C2)=C1. The number of rotatable bonds is 5. The van der Waals surface area contributed by atoms with Gasteiger partial charge in [0.2, 0.25) is 0 Å². The predicted molar refractivity (Wildman–Crippen MR) is 97.9 cm³/mol. The highest BCUT2D eigenvalue weighted by molar-refractivity contribution is 5.36. The van der Waals surface area contributed by atoms with Gasteiger partial charge >= 0.3 is 6.18 Å². The van der Waals surface area contributed by atoms with Crippen LogP contribution in [0.2, 0.25) is 0 Å². The van der Waals surface area contributed by atoms with E-state index in [0.717, 1.165) is 30.4 Å². The number of nitrogens with zero attached hydrogens (tertiary/aromatic N) is 1. The van der Waals surface area contributed by atoms with Crippen LogP contribution in [-0.4, -0.2) is 23.2 Å². The molecule has 27 heavy (non-hydrogen) atoms. The molecule has 1 N–H and O–H groups in total. The van der Waals surface area contributed by atoms with Gasteiger partial charge in [0.15, 0.2) is 5.76 Å². The van der Waals surface area contributed by atoms with Crippen LogP contribution in [-0.2, 0) is 24.0 Å². The average Bonchev–Trinajstić information content (AvgIpc) is 3.04. The Bertz CT molecular complexity index is 767. The van der Waals surface area contributed by atoms with Gasteiger partial charge in [-0.3, -0.25) is 4.90 Å². The first-order chi connectivity index (χ1) is 12.7. The Morgan fingerprint density at radius 1 is 1.26 bits per heavy atom. The van der Waals surface area contributed by atoms with Crippen LogP contribution in [0.3, 0.4) is 0 Å². The summed E-state index contributed by atoms with van der Waals surface area (Å²) in [4.78, 5) is 2.22. The fourth-order valence-corrected chi connectivity index (χ4v) is 3.87. The molecule has 3 rings (SSSR count). The molecule has 1 unspecified atom stereocenters. The van der Waals surface area contributed by atoms with Crippen molar-refractivity contribution in [1.82, 2.24) is 4.90 Å². The number of methoxy groups -OCH3 is 1. The minimum Gasteiger partial charge on any atom is -0.508 e. The highest BCUT2D eigenvalue weighted by Crippen LogP contribution is 2.35. The third kappa shape index (κ3) is 4.32. The number of halogens is 3. The number of allylic oxidation sites excluding steroid dienone is 3. The Kier molecular flexibility index (Phi) is 5.56. The van der Waals surface area contributed by atoms with Crippen LogP contribution in [0, 0.1) is 5.92 Å². The van der Waals surface area contributed by atoms with E-state index in [1.165, 1.54) is 17.7 Å². The minimum atomic E-state index is -4.30. The van der Waals surface area contributed by atoms with Crippen LogP contribution >= 0.6 is 0 Å². The van der Waals surface area contributed by atoms with Crippen molar-refractivity contribution in [3.8, 4) is 0 Å². The van der Waals surface area contributed by atoms with Crippen LogP contribution < -0.4 is 0 Å². The van der Waals surface area contributed by atoms with Gasteiger partial charge in [-0.2, -0.15) is 13.2 Å². The molecule has 0 saturated heterocycles. The number of benzene rings is 1. The highest BCUT2D eigenvalue weighted by Gasteiger charge is 2.33. The van der Waals surface area contributed by atoms with Crippen LogP contribution in [0.1, 0.15) is 49.8 Å². The smallest absolute Gasteiger partial charge is 0.416 e. The van der Waals surface area contributed by atoms with Crippen molar-refractivity contribution in [3.05, 3.63) is 58.1 Å². The summed E-state index contributed by atoms with van der Waals surface area (Å²) in [6, 6.07) is 4.32. The second-order valence-electron chi connectivity index (χ2n) is 7.64. The number of fused-ring (bicyclic) bond motifs is 1. The summed E-state index contributed by atoms with van der Waals surface area (Å²) >= 11 is 0. The van der Waals surface area contributed by atoms with E-state index < -0.39 is 11.7 Å². The highest BCUT2D eigenvalue weighted by atomic mass is 19.4. The molecule has 3 nitrogen and oxygen atoms in total. The third-order valence-corrected chi connectivity index (χ3v) is 5.63. The molecule has 0 bridgehead atoms. The Labute approximate surface area is 158 Å². The van der Waals surface area contributed by atoms with E-state index in [-0.39, 0.29) is 12.0 Å². The molecule has 0 amide bonds. The van der Waals surface area contributed by atoms with Crippen molar-refractivity contribution in [3.63, 3.8) is 0 Å². The summed E-state index contributed by atoms with van der Waals surface area (Å²) < 4.78 is 44.0. The molecule has 1 aliphatic carbocycles. The largest absolute Gasteiger partial charge is 0.508 e. The number of hydrogen-bond acceptors (Lipinski definition) is 3. The Morgan fingerprint density at radius 3 is 2.63 bits per heavy atom. The molecule has 0 saturated carbocycles. The van der Waals surface area contributed by atoms with Gasteiger partial charge in [-0.05, 0) is 55.5 Å². The normalized spacial score (nSPS) is 21.9. The summed E-state index contributed by atoms with van der Waals surface area (Å²) in [6.45, 7) is 5.34. The quantitative estimate of drug-likeness (QED) is 0.724. The van der Waals surface area contributed by atoms with E-state index in [1.54, 1.807) is 13.2 Å². The van der Waals surface area contributed by atoms with Gasteiger partial charge in [0.25, 0.3) is 0 Å². The fourth-order valence-electron chi connectivity index (χ4n) is 3.87. The van der Waals surface area contributed by atoms with Crippen molar-refractivity contribution in [2.75, 3.05) is 7.11 Å². The molecule has 0 aromatic heterocycles. The molecule has 1 aliphatic heterocycles. The van der Waals surface area contributed by atoms with Gasteiger partial charge in [0.1, 0.15) is 5.76 Å². The van der Waals surface area contributed by atoms with Gasteiger partial charge in [-0.25, -0.2) is 0 Å². The van der Waals surface area contributed by atoms with Crippen molar-refractivity contribution >= 4 is 0 Å². The molecule has 0 spiro atoms. The van der Waals surface area contributed by atoms with E-state index >= 15 is 0 Å². The van der Waals surface area contributed by atoms with Gasteiger partial charge < -0.3 is 9.84 Å². The molecule has 0 fully saturated rings. The molecule has 1 aromatic rings. The lowest BCUT2D eigenvalue weighted by atomic mass is 9.89. The van der Waals surface area contributed by atoms with E-state index in [1.807, 2.05) is 13.0 Å². The summed E-state index contributed by atoms with van der Waals surface area (Å²) in [7, 11) is 1.55. The van der Waals surface area contributed by atoms with Gasteiger partial charge in [-0.1, -0.05) is 18.6 Å². The standard InChI is InChI=1S/C21H26F3NO2/c1-13-8-15(9-19(27-3)20(13)26)5-4-14(2)25-11-16-6-7-18(21(22,23)24)10-17(16)12-25/h6-7,9-10,13-14,26H,4-5,8,11-12H2,1-3H3/t13?,14-/m1/s1. The predicted octanol–water partition coefficient (Wildman–Crippen LogP) is 5.57. The first kappa shape index (κ1) is 19.8. The zero-order valence-electron chi connectivity index (χ0n) is 15.9. The Balaban J connectivity index is 1.61. The van der Waals surface area contributed by atoms with Gasteiger partial charge in [0, 0.05) is 25.0 Å². The van der Waals surface area contributed by atoms with Crippen LogP contribution in [0.4, 0.5) is 13.2 Å². The number of alkyl halides is 3. The lowest BCUT2D eigenvalue weighted by Crippen LogP contribution is -2.28. The summed E-state index contributed by atoms with van der Waals surface area (Å²) in [5.74, 6) is 0.876. The minimum absolute atomic E-state index is 0.0482. The lowest BCUT2D eigenvalue weighted by Gasteiger charge is -2.26. The summed E-state index contributed by atoms with van der Waals surface area (Å²) in [6.07, 6.45) is 0.218. The molecule has 2 aliphatic rings. The molecule has 1 aromatic carbocycles. The van der Waals surface area contributed by atoms with Crippen molar-refractivity contribution in [1.29, 1.82) is 0 Å². The average molecular weight is 381 g/mol. The Morgan fingerprint density at radius 2 is 1.96 bits per heavy atom. The monoisotopic (exact) mass is 381 g/mol. The maximum Gasteiger partial charge on any atom is 0.416 e. The van der Waals surface area contributed by atoms with Crippen molar-refractivity contribution in [2.24, 2.45) is 5.92 Å². The number of aliphatic hydroxyl groups is 1. The maximum atomic E-state index is 12.9. The van der Waals surface area contributed by atoms with Crippen molar-refractivity contribution in [2.45, 2.75) is 58.4 Å².